The maximum atomic E-state index is 13.3. The number of hydrogen-bond acceptors (Lipinski definition) is 8. The van der Waals surface area contributed by atoms with E-state index in [1.807, 2.05) is 54.6 Å². The Morgan fingerprint density at radius 1 is 0.957 bits per heavy atom. The predicted octanol–water partition coefficient (Wildman–Crippen LogP) is 3.93. The van der Waals surface area contributed by atoms with Gasteiger partial charge in [-0.15, -0.1) is 0 Å². The van der Waals surface area contributed by atoms with Gasteiger partial charge >= 0.3 is 6.09 Å². The highest BCUT2D eigenvalue weighted by Gasteiger charge is 2.35. The van der Waals surface area contributed by atoms with Gasteiger partial charge in [0.25, 0.3) is 0 Å². The number of nitrogens with one attached hydrogen (secondary N) is 2. The molecule has 0 saturated heterocycles. The summed E-state index contributed by atoms with van der Waals surface area (Å²) in [6.45, 7) is 4.81. The van der Waals surface area contributed by atoms with Crippen LogP contribution in [0.3, 0.4) is 0 Å². The lowest BCUT2D eigenvalue weighted by Crippen LogP contribution is -2.46. The summed E-state index contributed by atoms with van der Waals surface area (Å²) in [4.78, 5) is 26.4. The molecule has 1 aliphatic rings. The Labute approximate surface area is 277 Å². The second-order valence-corrected chi connectivity index (χ2v) is 15.3. The molecule has 3 aromatic carbocycles. The van der Waals surface area contributed by atoms with Crippen molar-refractivity contribution in [2.24, 2.45) is 5.92 Å². The number of aliphatic hydroxyl groups excluding tert-OH is 3. The maximum absolute atomic E-state index is 13.3. The molecule has 47 heavy (non-hydrogen) atoms. The van der Waals surface area contributed by atoms with Gasteiger partial charge in [0, 0.05) is 24.8 Å². The molecule has 5 N–H and O–H groups in total. The number of hydrogen-bond donors (Lipinski definition) is 5. The summed E-state index contributed by atoms with van der Waals surface area (Å²) in [5.74, 6) is -1.57. The van der Waals surface area contributed by atoms with E-state index < -0.39 is 58.3 Å². The summed E-state index contributed by atoms with van der Waals surface area (Å²) < 4.78 is 30.0. The topological polar surface area (TPSA) is 162 Å². The largest absolute Gasteiger partial charge is 0.444 e. The molecule has 0 saturated carbocycles. The smallest absolute Gasteiger partial charge is 0.407 e. The number of sulfone groups is 1. The van der Waals surface area contributed by atoms with Crippen LogP contribution in [-0.2, 0) is 38.0 Å². The van der Waals surface area contributed by atoms with Crippen molar-refractivity contribution in [1.29, 1.82) is 0 Å². The van der Waals surface area contributed by atoms with Crippen molar-refractivity contribution in [3.05, 3.63) is 107 Å². The first-order valence-electron chi connectivity index (χ1n) is 15.9. The molecule has 1 aliphatic carbocycles. The molecule has 11 heteroatoms. The Kier molecular flexibility index (Phi) is 12.2. The van der Waals surface area contributed by atoms with Crippen LogP contribution in [0, 0.1) is 5.92 Å². The van der Waals surface area contributed by atoms with Crippen LogP contribution in [0.15, 0.2) is 78.9 Å². The van der Waals surface area contributed by atoms with Gasteiger partial charge in [-0.25, -0.2) is 13.2 Å². The third-order valence-electron chi connectivity index (χ3n) is 8.26. The molecule has 0 spiro atoms. The first kappa shape index (κ1) is 36.1. The fourth-order valence-corrected chi connectivity index (χ4v) is 7.15. The van der Waals surface area contributed by atoms with Crippen LogP contribution in [0.25, 0.3) is 0 Å². The lowest BCUT2D eigenvalue weighted by atomic mass is 9.82. The average molecular weight is 667 g/mol. The monoisotopic (exact) mass is 666 g/mol. The van der Waals surface area contributed by atoms with E-state index in [0.29, 0.717) is 24.0 Å². The van der Waals surface area contributed by atoms with E-state index in [0.717, 1.165) is 16.7 Å². The molecule has 4 rings (SSSR count). The fourth-order valence-electron chi connectivity index (χ4n) is 6.03. The van der Waals surface area contributed by atoms with Crippen LogP contribution in [0.1, 0.15) is 73.6 Å². The minimum absolute atomic E-state index is 0.00584. The summed E-state index contributed by atoms with van der Waals surface area (Å²) in [6, 6.07) is 22.4. The number of aliphatic hydroxyl groups is 3. The lowest BCUT2D eigenvalue weighted by molar-refractivity contribution is -0.123. The molecule has 3 aromatic rings. The zero-order chi connectivity index (χ0) is 34.2. The molecule has 0 aliphatic heterocycles. The van der Waals surface area contributed by atoms with E-state index in [9.17, 15) is 28.2 Å². The van der Waals surface area contributed by atoms with Crippen molar-refractivity contribution >= 4 is 21.8 Å². The van der Waals surface area contributed by atoms with Gasteiger partial charge in [0.2, 0.25) is 5.91 Å². The zero-order valence-corrected chi connectivity index (χ0v) is 27.9. The molecular formula is C36H46N2O8S. The first-order valence-corrected chi connectivity index (χ1v) is 17.7. The number of amides is 2. The molecule has 0 heterocycles. The number of ether oxygens (including phenoxy) is 1. The van der Waals surface area contributed by atoms with E-state index in [-0.39, 0.29) is 30.3 Å². The van der Waals surface area contributed by atoms with E-state index >= 15 is 0 Å². The highest BCUT2D eigenvalue weighted by atomic mass is 32.2. The van der Waals surface area contributed by atoms with Crippen molar-refractivity contribution in [3.63, 3.8) is 0 Å². The third kappa shape index (κ3) is 10.6. The fraction of sp³-hybridized carbons (Fsp3) is 0.444. The van der Waals surface area contributed by atoms with Crippen molar-refractivity contribution < 1.29 is 38.1 Å². The Hall–Kier alpha value is -3.77. The normalized spacial score (nSPS) is 18.1. The second kappa shape index (κ2) is 15.9. The van der Waals surface area contributed by atoms with Crippen molar-refractivity contribution in [2.45, 2.75) is 82.1 Å². The number of carbonyl (C=O) groups excluding carboxylic acids is 2. The zero-order valence-electron chi connectivity index (χ0n) is 27.1. The molecule has 0 bridgehead atoms. The van der Waals surface area contributed by atoms with Gasteiger partial charge in [0.05, 0.1) is 36.4 Å². The predicted molar refractivity (Wildman–Crippen MR) is 179 cm³/mol. The Balaban J connectivity index is 1.60. The Morgan fingerprint density at radius 3 is 2.28 bits per heavy atom. The van der Waals surface area contributed by atoms with Crippen LogP contribution in [-0.4, -0.2) is 65.8 Å². The van der Waals surface area contributed by atoms with Gasteiger partial charge in [-0.3, -0.25) is 4.79 Å². The second-order valence-electron chi connectivity index (χ2n) is 13.2. The summed E-state index contributed by atoms with van der Waals surface area (Å²) in [7, 11) is -3.50. The van der Waals surface area contributed by atoms with Crippen LogP contribution in [0.2, 0.25) is 0 Å². The molecule has 0 aromatic heterocycles. The molecule has 254 valence electrons. The van der Waals surface area contributed by atoms with Crippen molar-refractivity contribution in [1.82, 2.24) is 10.6 Å². The standard InChI is InChI=1S/C36H46N2O8S/c1-36(2,3)46-35(43)37-30(21-24-9-5-4-6-10-24)29(34(42)26-15-13-25(14-16-26)23-47(44,45)20-19-39)17-18-32(41)38-33-28-12-8-7-11-27(28)22-31(33)40/h4-16,29-31,33-34,39-40,42H,17-23H2,1-3H3,(H,37,43)(H,38,41)/t29-,30-,31+,33-,34?/m0/s1. The SMILES string of the molecule is CC(C)(C)OC(=O)N[C@@H](Cc1ccccc1)[C@H](CCC(=O)N[C@H]1c2ccccc2C[C@H]1O)C(O)c1ccc(CS(=O)(=O)CCO)cc1. The Morgan fingerprint density at radius 2 is 1.62 bits per heavy atom. The van der Waals surface area contributed by atoms with Gasteiger partial charge in [0.15, 0.2) is 9.84 Å². The molecule has 1 unspecified atom stereocenters. The van der Waals surface area contributed by atoms with Gasteiger partial charge in [0.1, 0.15) is 5.60 Å². The van der Waals surface area contributed by atoms with Gasteiger partial charge in [-0.2, -0.15) is 0 Å². The van der Waals surface area contributed by atoms with Crippen LogP contribution >= 0.6 is 0 Å². The number of fused-ring (bicyclic) bond motifs is 1. The molecule has 0 fully saturated rings. The van der Waals surface area contributed by atoms with E-state index in [4.69, 9.17) is 9.84 Å². The van der Waals surface area contributed by atoms with Crippen molar-refractivity contribution in [2.75, 3.05) is 12.4 Å². The highest BCUT2D eigenvalue weighted by Crippen LogP contribution is 2.33. The first-order chi connectivity index (χ1) is 22.2. The van der Waals surface area contributed by atoms with E-state index in [2.05, 4.69) is 10.6 Å². The minimum Gasteiger partial charge on any atom is -0.444 e. The highest BCUT2D eigenvalue weighted by molar-refractivity contribution is 7.90. The van der Waals surface area contributed by atoms with Crippen LogP contribution in [0.4, 0.5) is 4.79 Å². The van der Waals surface area contributed by atoms with Crippen molar-refractivity contribution in [3.8, 4) is 0 Å². The molecule has 2 amide bonds. The summed E-state index contributed by atoms with van der Waals surface area (Å²) in [6.07, 6.45) is -1.59. The lowest BCUT2D eigenvalue weighted by Gasteiger charge is -2.33. The number of benzene rings is 3. The van der Waals surface area contributed by atoms with Gasteiger partial charge < -0.3 is 30.7 Å². The van der Waals surface area contributed by atoms with E-state index in [1.54, 1.807) is 45.0 Å². The number of carbonyl (C=O) groups is 2. The van der Waals surface area contributed by atoms with Gasteiger partial charge in [-0.1, -0.05) is 78.9 Å². The van der Waals surface area contributed by atoms with Crippen LogP contribution < -0.4 is 10.6 Å². The number of alkyl carbamates (subject to hydrolysis) is 1. The number of rotatable bonds is 14. The van der Waals surface area contributed by atoms with Gasteiger partial charge in [-0.05, 0) is 61.4 Å². The Bertz CT molecular complexity index is 1590. The minimum atomic E-state index is -3.50. The quantitative estimate of drug-likeness (QED) is 0.173. The maximum Gasteiger partial charge on any atom is 0.407 e. The van der Waals surface area contributed by atoms with E-state index in [1.165, 1.54) is 0 Å². The molecule has 10 nitrogen and oxygen atoms in total. The summed E-state index contributed by atoms with van der Waals surface area (Å²) in [5.41, 5.74) is 3.00. The third-order valence-corrected chi connectivity index (χ3v) is 9.84. The van der Waals surface area contributed by atoms with Crippen LogP contribution in [0.5, 0.6) is 0 Å². The molecular weight excluding hydrogens is 620 g/mol. The average Bonchev–Trinajstić information content (AvgIpc) is 3.31. The molecule has 5 atom stereocenters. The molecule has 0 radical (unpaired) electrons. The summed E-state index contributed by atoms with van der Waals surface area (Å²) >= 11 is 0. The summed E-state index contributed by atoms with van der Waals surface area (Å²) in [5, 5.41) is 37.5.